The van der Waals surface area contributed by atoms with Gasteiger partial charge in [0.25, 0.3) is 0 Å². The van der Waals surface area contributed by atoms with E-state index < -0.39 is 11.9 Å². The first kappa shape index (κ1) is 18.0. The van der Waals surface area contributed by atoms with Crippen molar-refractivity contribution in [3.63, 3.8) is 0 Å². The molecule has 0 aliphatic carbocycles. The molecule has 0 aliphatic heterocycles. The van der Waals surface area contributed by atoms with Crippen LogP contribution >= 0.6 is 15.9 Å². The van der Waals surface area contributed by atoms with E-state index in [0.717, 1.165) is 10.0 Å². The van der Waals surface area contributed by atoms with E-state index in [9.17, 15) is 9.59 Å². The molecule has 0 aliphatic rings. The van der Waals surface area contributed by atoms with Crippen LogP contribution < -0.4 is 9.47 Å². The summed E-state index contributed by atoms with van der Waals surface area (Å²) in [5.74, 6) is -0.467. The maximum absolute atomic E-state index is 12.0. The van der Waals surface area contributed by atoms with E-state index in [0.29, 0.717) is 5.75 Å². The van der Waals surface area contributed by atoms with Gasteiger partial charge in [-0.15, -0.1) is 0 Å². The smallest absolute Gasteiger partial charge is 0.349 e. The lowest BCUT2D eigenvalue weighted by Crippen LogP contribution is -2.19. The molecule has 0 saturated carbocycles. The lowest BCUT2D eigenvalue weighted by molar-refractivity contribution is -0.136. The molecule has 5 nitrogen and oxygen atoms in total. The third-order valence-electron chi connectivity index (χ3n) is 3.04. The van der Waals surface area contributed by atoms with Gasteiger partial charge < -0.3 is 14.2 Å². The number of benzene rings is 2. The maximum Gasteiger partial charge on any atom is 0.349 e. The zero-order chi connectivity index (χ0) is 17.5. The van der Waals surface area contributed by atoms with Crippen LogP contribution in [0.5, 0.6) is 11.5 Å². The molecule has 0 radical (unpaired) electrons. The average molecular weight is 393 g/mol. The minimum atomic E-state index is -0.612. The van der Waals surface area contributed by atoms with Crippen molar-refractivity contribution in [2.24, 2.45) is 0 Å². The molecule has 2 aromatic rings. The van der Waals surface area contributed by atoms with Gasteiger partial charge in [-0.3, -0.25) is 0 Å². The lowest BCUT2D eigenvalue weighted by Gasteiger charge is -2.11. The molecular weight excluding hydrogens is 376 g/mol. The van der Waals surface area contributed by atoms with Crippen LogP contribution in [0.1, 0.15) is 22.8 Å². The summed E-state index contributed by atoms with van der Waals surface area (Å²) in [6, 6.07) is 11.9. The van der Waals surface area contributed by atoms with Gasteiger partial charge in [-0.2, -0.15) is 0 Å². The Kier molecular flexibility index (Phi) is 6.37. The molecular formula is C18H17BrO5. The second-order valence-corrected chi connectivity index (χ2v) is 5.77. The Morgan fingerprint density at radius 3 is 2.54 bits per heavy atom. The fraction of sp³-hybridized carbons (Fsp3) is 0.222. The fourth-order valence-corrected chi connectivity index (χ4v) is 2.55. The summed E-state index contributed by atoms with van der Waals surface area (Å²) in [5, 5.41) is 0. The van der Waals surface area contributed by atoms with Crippen LogP contribution in [-0.2, 0) is 9.53 Å². The Balaban J connectivity index is 2.01. The number of esters is 2. The second-order valence-electron chi connectivity index (χ2n) is 4.91. The highest BCUT2D eigenvalue weighted by Crippen LogP contribution is 2.26. The topological polar surface area (TPSA) is 61.8 Å². The summed E-state index contributed by atoms with van der Waals surface area (Å²) in [6.07, 6.45) is 0. The molecule has 0 fully saturated rings. The SMILES string of the molecule is CCOC(=O)c1ccccc1OC(=O)COc1ccc(C)cc1Br. The van der Waals surface area contributed by atoms with Crippen molar-refractivity contribution >= 4 is 27.9 Å². The summed E-state index contributed by atoms with van der Waals surface area (Å²) in [4.78, 5) is 23.8. The largest absolute Gasteiger partial charge is 0.481 e. The maximum atomic E-state index is 12.0. The van der Waals surface area contributed by atoms with Crippen LogP contribution in [0.2, 0.25) is 0 Å². The van der Waals surface area contributed by atoms with Crippen molar-refractivity contribution in [2.75, 3.05) is 13.2 Å². The first-order chi connectivity index (χ1) is 11.5. The summed E-state index contributed by atoms with van der Waals surface area (Å²) >= 11 is 3.37. The molecule has 0 aromatic heterocycles. The van der Waals surface area contributed by atoms with Crippen LogP contribution in [0.25, 0.3) is 0 Å². The van der Waals surface area contributed by atoms with Gasteiger partial charge in [-0.05, 0) is 59.6 Å². The molecule has 0 heterocycles. The number of hydrogen-bond donors (Lipinski definition) is 0. The molecule has 0 amide bonds. The number of carbonyl (C=O) groups is 2. The number of para-hydroxylation sites is 1. The number of carbonyl (C=O) groups excluding carboxylic acids is 2. The standard InChI is InChI=1S/C18H17BrO5/c1-3-22-18(21)13-6-4-5-7-15(13)24-17(20)11-23-16-9-8-12(2)10-14(16)19/h4-10H,3,11H2,1-2H3. The summed E-state index contributed by atoms with van der Waals surface area (Å²) in [5.41, 5.74) is 1.27. The minimum absolute atomic E-state index is 0.146. The molecule has 0 bridgehead atoms. The van der Waals surface area contributed by atoms with E-state index in [1.165, 1.54) is 12.1 Å². The fourth-order valence-electron chi connectivity index (χ4n) is 1.94. The minimum Gasteiger partial charge on any atom is -0.481 e. The molecule has 0 unspecified atom stereocenters. The van der Waals surface area contributed by atoms with Gasteiger partial charge in [-0.25, -0.2) is 9.59 Å². The Morgan fingerprint density at radius 1 is 1.08 bits per heavy atom. The molecule has 0 saturated heterocycles. The van der Waals surface area contributed by atoms with Crippen LogP contribution in [0, 0.1) is 6.92 Å². The molecule has 126 valence electrons. The summed E-state index contributed by atoms with van der Waals surface area (Å²) in [6.45, 7) is 3.62. The molecule has 24 heavy (non-hydrogen) atoms. The van der Waals surface area contributed by atoms with Gasteiger partial charge in [0.15, 0.2) is 6.61 Å². The Labute approximate surface area is 148 Å². The van der Waals surface area contributed by atoms with E-state index in [1.807, 2.05) is 19.1 Å². The van der Waals surface area contributed by atoms with E-state index >= 15 is 0 Å². The van der Waals surface area contributed by atoms with Gasteiger partial charge in [0.2, 0.25) is 0 Å². The van der Waals surface area contributed by atoms with Crippen molar-refractivity contribution in [3.8, 4) is 11.5 Å². The quantitative estimate of drug-likeness (QED) is 0.550. The van der Waals surface area contributed by atoms with Crippen molar-refractivity contribution in [3.05, 3.63) is 58.1 Å². The van der Waals surface area contributed by atoms with E-state index in [4.69, 9.17) is 14.2 Å². The molecule has 6 heteroatoms. The zero-order valence-corrected chi connectivity index (χ0v) is 15.0. The third kappa shape index (κ3) is 4.83. The molecule has 0 atom stereocenters. The van der Waals surface area contributed by atoms with Gasteiger partial charge in [-0.1, -0.05) is 18.2 Å². The van der Waals surface area contributed by atoms with Crippen LogP contribution in [0.3, 0.4) is 0 Å². The highest BCUT2D eigenvalue weighted by atomic mass is 79.9. The first-order valence-electron chi connectivity index (χ1n) is 7.37. The van der Waals surface area contributed by atoms with Crippen LogP contribution in [0.15, 0.2) is 46.9 Å². The predicted octanol–water partition coefficient (Wildman–Crippen LogP) is 3.92. The van der Waals surface area contributed by atoms with E-state index in [1.54, 1.807) is 25.1 Å². The molecule has 0 N–H and O–H groups in total. The van der Waals surface area contributed by atoms with Gasteiger partial charge in [0.1, 0.15) is 17.1 Å². The number of ether oxygens (including phenoxy) is 3. The second kappa shape index (κ2) is 8.49. The first-order valence-corrected chi connectivity index (χ1v) is 8.16. The Bertz CT molecular complexity index is 742. The number of hydrogen-bond acceptors (Lipinski definition) is 5. The number of aryl methyl sites for hydroxylation is 1. The highest BCUT2D eigenvalue weighted by molar-refractivity contribution is 9.10. The van der Waals surface area contributed by atoms with Crippen molar-refractivity contribution < 1.29 is 23.8 Å². The summed E-state index contributed by atoms with van der Waals surface area (Å²) in [7, 11) is 0. The van der Waals surface area contributed by atoms with Crippen molar-refractivity contribution in [1.29, 1.82) is 0 Å². The van der Waals surface area contributed by atoms with Gasteiger partial charge in [0, 0.05) is 0 Å². The predicted molar refractivity (Wildman–Crippen MR) is 92.4 cm³/mol. The molecule has 2 aromatic carbocycles. The van der Waals surface area contributed by atoms with Crippen molar-refractivity contribution in [1.82, 2.24) is 0 Å². The number of halogens is 1. The number of rotatable bonds is 6. The Morgan fingerprint density at radius 2 is 1.83 bits per heavy atom. The van der Waals surface area contributed by atoms with Crippen LogP contribution in [0.4, 0.5) is 0 Å². The van der Waals surface area contributed by atoms with Crippen molar-refractivity contribution in [2.45, 2.75) is 13.8 Å². The average Bonchev–Trinajstić information content (AvgIpc) is 2.54. The van der Waals surface area contributed by atoms with E-state index in [-0.39, 0.29) is 24.5 Å². The monoisotopic (exact) mass is 392 g/mol. The van der Waals surface area contributed by atoms with Gasteiger partial charge >= 0.3 is 11.9 Å². The molecule has 2 rings (SSSR count). The third-order valence-corrected chi connectivity index (χ3v) is 3.66. The summed E-state index contributed by atoms with van der Waals surface area (Å²) < 4.78 is 16.3. The Hall–Kier alpha value is -2.34. The lowest BCUT2D eigenvalue weighted by atomic mass is 10.2. The highest BCUT2D eigenvalue weighted by Gasteiger charge is 2.16. The van der Waals surface area contributed by atoms with Gasteiger partial charge in [0.05, 0.1) is 11.1 Å². The normalized spacial score (nSPS) is 10.1. The van der Waals surface area contributed by atoms with Crippen LogP contribution in [-0.4, -0.2) is 25.2 Å². The zero-order valence-electron chi connectivity index (χ0n) is 13.4. The van der Waals surface area contributed by atoms with E-state index in [2.05, 4.69) is 15.9 Å². The molecule has 0 spiro atoms.